The zero-order valence-corrected chi connectivity index (χ0v) is 12.3. The summed E-state index contributed by atoms with van der Waals surface area (Å²) in [6.45, 7) is 8.47. The molecule has 1 fully saturated rings. The summed E-state index contributed by atoms with van der Waals surface area (Å²) in [4.78, 5) is 0. The lowest BCUT2D eigenvalue weighted by atomic mass is 9.79. The van der Waals surface area contributed by atoms with E-state index >= 15 is 0 Å². The molecule has 1 saturated heterocycles. The fourth-order valence-corrected chi connectivity index (χ4v) is 3.39. The molecule has 0 bridgehead atoms. The quantitative estimate of drug-likeness (QED) is 0.881. The van der Waals surface area contributed by atoms with Gasteiger partial charge in [0.15, 0.2) is 0 Å². The average Bonchev–Trinajstić information content (AvgIpc) is 2.46. The van der Waals surface area contributed by atoms with Crippen LogP contribution in [0.4, 0.5) is 0 Å². The summed E-state index contributed by atoms with van der Waals surface area (Å²) >= 11 is 6.24. The van der Waals surface area contributed by atoms with Crippen molar-refractivity contribution in [2.45, 2.75) is 51.4 Å². The van der Waals surface area contributed by atoms with Crippen LogP contribution in [0.3, 0.4) is 0 Å². The van der Waals surface area contributed by atoms with Crippen molar-refractivity contribution in [1.82, 2.24) is 0 Å². The summed E-state index contributed by atoms with van der Waals surface area (Å²) in [6, 6.07) is 7.72. The third-order valence-corrected chi connectivity index (χ3v) is 4.19. The second kappa shape index (κ2) is 4.52. The van der Waals surface area contributed by atoms with Crippen molar-refractivity contribution >= 4 is 11.6 Å². The molecule has 18 heavy (non-hydrogen) atoms. The Labute approximate surface area is 114 Å². The average molecular weight is 268 g/mol. The molecule has 0 aromatic heterocycles. The predicted octanol–water partition coefficient (Wildman–Crippen LogP) is 3.93. The number of halogens is 1. The first-order valence-corrected chi connectivity index (χ1v) is 6.81. The summed E-state index contributed by atoms with van der Waals surface area (Å²) in [6.07, 6.45) is 0.951. The van der Waals surface area contributed by atoms with E-state index in [1.165, 1.54) is 0 Å². The molecule has 0 aliphatic carbocycles. The lowest BCUT2D eigenvalue weighted by Gasteiger charge is -2.31. The van der Waals surface area contributed by atoms with E-state index in [1.54, 1.807) is 0 Å². The van der Waals surface area contributed by atoms with Gasteiger partial charge < -0.3 is 10.5 Å². The van der Waals surface area contributed by atoms with Gasteiger partial charge in [0.05, 0.1) is 11.2 Å². The molecule has 0 spiro atoms. The number of ether oxygens (including phenoxy) is 1. The smallest absolute Gasteiger partial charge is 0.0680 e. The van der Waals surface area contributed by atoms with E-state index in [9.17, 15) is 0 Å². The third kappa shape index (κ3) is 2.56. The van der Waals surface area contributed by atoms with Gasteiger partial charge in [0.25, 0.3) is 0 Å². The summed E-state index contributed by atoms with van der Waals surface area (Å²) in [5.74, 6) is 0.271. The van der Waals surface area contributed by atoms with Crippen LogP contribution in [-0.4, -0.2) is 11.2 Å². The van der Waals surface area contributed by atoms with Gasteiger partial charge in [-0.15, -0.1) is 0 Å². The molecule has 1 aromatic rings. The second-order valence-corrected chi connectivity index (χ2v) is 6.73. The standard InChI is InChI=1S/C15H22ClNO/c1-14(2)9-11(15(3,4)18-14)13(17)10-7-5-6-8-12(10)16/h5-8,11,13H,9,17H2,1-4H3. The maximum atomic E-state index is 6.43. The Morgan fingerprint density at radius 3 is 2.39 bits per heavy atom. The first kappa shape index (κ1) is 13.9. The lowest BCUT2D eigenvalue weighted by molar-refractivity contribution is -0.0767. The molecule has 3 heteroatoms. The van der Waals surface area contributed by atoms with E-state index < -0.39 is 0 Å². The van der Waals surface area contributed by atoms with Gasteiger partial charge in [-0.25, -0.2) is 0 Å². The van der Waals surface area contributed by atoms with Gasteiger partial charge in [-0.3, -0.25) is 0 Å². The molecule has 0 radical (unpaired) electrons. The zero-order valence-electron chi connectivity index (χ0n) is 11.5. The summed E-state index contributed by atoms with van der Waals surface area (Å²) in [5, 5.41) is 0.741. The minimum Gasteiger partial charge on any atom is -0.369 e. The van der Waals surface area contributed by atoms with Gasteiger partial charge in [0.2, 0.25) is 0 Å². The number of nitrogens with two attached hydrogens (primary N) is 1. The van der Waals surface area contributed by atoms with Gasteiger partial charge in [0, 0.05) is 17.0 Å². The van der Waals surface area contributed by atoms with Gasteiger partial charge >= 0.3 is 0 Å². The van der Waals surface area contributed by atoms with E-state index in [-0.39, 0.29) is 23.2 Å². The van der Waals surface area contributed by atoms with E-state index in [2.05, 4.69) is 27.7 Å². The maximum Gasteiger partial charge on any atom is 0.0680 e. The SMILES string of the molecule is CC1(C)CC(C(N)c2ccccc2Cl)C(C)(C)O1. The lowest BCUT2D eigenvalue weighted by Crippen LogP contribution is -2.36. The molecule has 0 saturated carbocycles. The third-order valence-electron chi connectivity index (χ3n) is 3.84. The summed E-state index contributed by atoms with van der Waals surface area (Å²) in [7, 11) is 0. The minimum atomic E-state index is -0.220. The van der Waals surface area contributed by atoms with E-state index in [0.29, 0.717) is 0 Å². The number of hydrogen-bond donors (Lipinski definition) is 1. The highest BCUT2D eigenvalue weighted by Crippen LogP contribution is 2.47. The second-order valence-electron chi connectivity index (χ2n) is 6.32. The number of hydrogen-bond acceptors (Lipinski definition) is 2. The molecule has 1 aromatic carbocycles. The van der Waals surface area contributed by atoms with Gasteiger partial charge in [-0.2, -0.15) is 0 Å². The van der Waals surface area contributed by atoms with E-state index in [1.807, 2.05) is 24.3 Å². The first-order valence-electron chi connectivity index (χ1n) is 6.43. The molecule has 2 unspecified atom stereocenters. The normalized spacial score (nSPS) is 27.1. The van der Waals surface area contributed by atoms with Gasteiger partial charge in [-0.05, 0) is 45.7 Å². The predicted molar refractivity (Wildman–Crippen MR) is 75.7 cm³/mol. The van der Waals surface area contributed by atoms with Crippen LogP contribution < -0.4 is 5.73 Å². The monoisotopic (exact) mass is 267 g/mol. The Morgan fingerprint density at radius 2 is 1.89 bits per heavy atom. The number of benzene rings is 1. The highest BCUT2D eigenvalue weighted by molar-refractivity contribution is 6.31. The Hall–Kier alpha value is -0.570. The van der Waals surface area contributed by atoms with Crippen molar-refractivity contribution in [2.24, 2.45) is 11.7 Å². The van der Waals surface area contributed by atoms with Crippen molar-refractivity contribution in [3.63, 3.8) is 0 Å². The highest BCUT2D eigenvalue weighted by atomic mass is 35.5. The van der Waals surface area contributed by atoms with Crippen LogP contribution in [0.1, 0.15) is 45.7 Å². The minimum absolute atomic E-state index is 0.0875. The van der Waals surface area contributed by atoms with Crippen LogP contribution in [-0.2, 0) is 4.74 Å². The topological polar surface area (TPSA) is 35.2 Å². The largest absolute Gasteiger partial charge is 0.369 e. The van der Waals surface area contributed by atoms with Crippen molar-refractivity contribution in [2.75, 3.05) is 0 Å². The molecule has 2 N–H and O–H groups in total. The van der Waals surface area contributed by atoms with Crippen molar-refractivity contribution in [3.8, 4) is 0 Å². The van der Waals surface area contributed by atoms with Crippen LogP contribution in [0, 0.1) is 5.92 Å². The van der Waals surface area contributed by atoms with Crippen LogP contribution in [0.25, 0.3) is 0 Å². The molecule has 0 amide bonds. The van der Waals surface area contributed by atoms with Crippen molar-refractivity contribution in [3.05, 3.63) is 34.9 Å². The molecular formula is C15H22ClNO. The van der Waals surface area contributed by atoms with Crippen LogP contribution in [0.15, 0.2) is 24.3 Å². The van der Waals surface area contributed by atoms with Crippen molar-refractivity contribution in [1.29, 1.82) is 0 Å². The molecule has 2 atom stereocenters. The number of rotatable bonds is 2. The Balaban J connectivity index is 2.30. The van der Waals surface area contributed by atoms with E-state index in [4.69, 9.17) is 22.1 Å². The molecule has 1 aliphatic heterocycles. The fraction of sp³-hybridized carbons (Fsp3) is 0.600. The fourth-order valence-electron chi connectivity index (χ4n) is 3.13. The highest BCUT2D eigenvalue weighted by Gasteiger charge is 2.48. The Morgan fingerprint density at radius 1 is 1.28 bits per heavy atom. The van der Waals surface area contributed by atoms with Crippen molar-refractivity contribution < 1.29 is 4.74 Å². The molecule has 100 valence electrons. The molecule has 2 rings (SSSR count). The summed E-state index contributed by atoms with van der Waals surface area (Å²) < 4.78 is 6.11. The molecule has 1 aliphatic rings. The maximum absolute atomic E-state index is 6.43. The summed E-state index contributed by atoms with van der Waals surface area (Å²) in [5.41, 5.74) is 7.11. The van der Waals surface area contributed by atoms with Crippen LogP contribution in [0.5, 0.6) is 0 Å². The Bertz CT molecular complexity index is 442. The molecule has 2 nitrogen and oxygen atoms in total. The molecule has 1 heterocycles. The van der Waals surface area contributed by atoms with Crippen LogP contribution in [0.2, 0.25) is 5.02 Å². The van der Waals surface area contributed by atoms with Gasteiger partial charge in [-0.1, -0.05) is 29.8 Å². The zero-order chi connectivity index (χ0) is 13.6. The van der Waals surface area contributed by atoms with Gasteiger partial charge in [0.1, 0.15) is 0 Å². The first-order chi connectivity index (χ1) is 8.23. The molecular weight excluding hydrogens is 246 g/mol. The van der Waals surface area contributed by atoms with E-state index in [0.717, 1.165) is 17.0 Å². The Kier molecular flexibility index (Phi) is 3.48. The van der Waals surface area contributed by atoms with Crippen LogP contribution >= 0.6 is 11.6 Å².